The van der Waals surface area contributed by atoms with Crippen molar-refractivity contribution in [1.82, 2.24) is 0 Å². The van der Waals surface area contributed by atoms with Crippen molar-refractivity contribution < 1.29 is 14.3 Å². The van der Waals surface area contributed by atoms with E-state index >= 15 is 0 Å². The molecule has 4 nitrogen and oxygen atoms in total. The maximum Gasteiger partial charge on any atom is 0.338 e. The molecular formula is C18H23NO3. The second-order valence-corrected chi connectivity index (χ2v) is 5.98. The highest BCUT2D eigenvalue weighted by atomic mass is 16.5. The number of carbonyl (C=O) groups excluding carboxylic acids is 1. The number of rotatable bonds is 5. The van der Waals surface area contributed by atoms with Gasteiger partial charge in [-0.2, -0.15) is 5.26 Å². The molecule has 0 N–H and O–H groups in total. The Labute approximate surface area is 132 Å². The fourth-order valence-corrected chi connectivity index (χ4v) is 3.10. The predicted octanol–water partition coefficient (Wildman–Crippen LogP) is 4.10. The lowest BCUT2D eigenvalue weighted by atomic mass is 9.71. The standard InChI is InChI=1S/C18H23NO3/c1-3-10-18(13-19)11-8-16(9-12-18)22-17(20)14-4-6-15(21-2)7-5-14/h4-7,16H,3,8-12H2,1-2H3/t16-,18+. The first-order valence-corrected chi connectivity index (χ1v) is 7.89. The third kappa shape index (κ3) is 3.79. The van der Waals surface area contributed by atoms with E-state index in [1.165, 1.54) is 0 Å². The second kappa shape index (κ2) is 7.31. The maximum atomic E-state index is 12.1. The Morgan fingerprint density at radius 2 is 1.95 bits per heavy atom. The molecule has 2 rings (SSSR count). The average Bonchev–Trinajstić information content (AvgIpc) is 2.57. The minimum Gasteiger partial charge on any atom is -0.497 e. The van der Waals surface area contributed by atoms with Crippen LogP contribution in [-0.2, 0) is 4.74 Å². The van der Waals surface area contributed by atoms with Crippen LogP contribution in [0.25, 0.3) is 0 Å². The average molecular weight is 301 g/mol. The van der Waals surface area contributed by atoms with E-state index in [-0.39, 0.29) is 17.5 Å². The van der Waals surface area contributed by atoms with Crippen LogP contribution in [0.3, 0.4) is 0 Å². The molecule has 0 heterocycles. The van der Waals surface area contributed by atoms with Crippen LogP contribution >= 0.6 is 0 Å². The number of nitrogens with zero attached hydrogens (tertiary/aromatic N) is 1. The van der Waals surface area contributed by atoms with E-state index in [2.05, 4.69) is 13.0 Å². The topological polar surface area (TPSA) is 59.3 Å². The van der Waals surface area contributed by atoms with Crippen LogP contribution in [0.4, 0.5) is 0 Å². The fraction of sp³-hybridized carbons (Fsp3) is 0.556. The molecule has 0 bridgehead atoms. The van der Waals surface area contributed by atoms with Gasteiger partial charge in [-0.3, -0.25) is 0 Å². The van der Waals surface area contributed by atoms with Crippen LogP contribution in [0.5, 0.6) is 5.75 Å². The van der Waals surface area contributed by atoms with Crippen molar-refractivity contribution in [3.05, 3.63) is 29.8 Å². The zero-order chi connectivity index (χ0) is 16.0. The quantitative estimate of drug-likeness (QED) is 0.768. The first-order chi connectivity index (χ1) is 10.6. The zero-order valence-electron chi connectivity index (χ0n) is 13.3. The molecule has 1 aliphatic carbocycles. The Morgan fingerprint density at radius 3 is 2.45 bits per heavy atom. The highest BCUT2D eigenvalue weighted by molar-refractivity contribution is 5.89. The Balaban J connectivity index is 1.90. The van der Waals surface area contributed by atoms with Gasteiger partial charge in [0.1, 0.15) is 11.9 Å². The largest absolute Gasteiger partial charge is 0.497 e. The third-order valence-electron chi connectivity index (χ3n) is 4.45. The number of ether oxygens (including phenoxy) is 2. The highest BCUT2D eigenvalue weighted by Gasteiger charge is 2.36. The van der Waals surface area contributed by atoms with E-state index in [4.69, 9.17) is 9.47 Å². The molecule has 0 unspecified atom stereocenters. The molecule has 0 aliphatic heterocycles. The van der Waals surface area contributed by atoms with Crippen molar-refractivity contribution in [3.8, 4) is 11.8 Å². The number of carbonyl (C=O) groups is 1. The predicted molar refractivity (Wildman–Crippen MR) is 83.6 cm³/mol. The first-order valence-electron chi connectivity index (χ1n) is 7.89. The van der Waals surface area contributed by atoms with Gasteiger partial charge in [-0.1, -0.05) is 13.3 Å². The van der Waals surface area contributed by atoms with Crippen LogP contribution in [-0.4, -0.2) is 19.2 Å². The van der Waals surface area contributed by atoms with Crippen molar-refractivity contribution in [1.29, 1.82) is 5.26 Å². The van der Waals surface area contributed by atoms with Crippen LogP contribution in [0.15, 0.2) is 24.3 Å². The van der Waals surface area contributed by atoms with Gasteiger partial charge in [0, 0.05) is 0 Å². The summed E-state index contributed by atoms with van der Waals surface area (Å²) in [5.41, 5.74) is 0.323. The third-order valence-corrected chi connectivity index (χ3v) is 4.45. The summed E-state index contributed by atoms with van der Waals surface area (Å²) in [5, 5.41) is 9.40. The van der Waals surface area contributed by atoms with Gasteiger partial charge in [0.15, 0.2) is 0 Å². The molecule has 0 saturated heterocycles. The monoisotopic (exact) mass is 301 g/mol. The number of esters is 1. The van der Waals surface area contributed by atoms with Crippen molar-refractivity contribution >= 4 is 5.97 Å². The molecule has 1 fully saturated rings. The summed E-state index contributed by atoms with van der Waals surface area (Å²) in [5.74, 6) is 0.417. The summed E-state index contributed by atoms with van der Waals surface area (Å²) >= 11 is 0. The molecule has 118 valence electrons. The van der Waals surface area contributed by atoms with Crippen LogP contribution in [0.2, 0.25) is 0 Å². The lowest BCUT2D eigenvalue weighted by molar-refractivity contribution is 0.0106. The molecule has 0 atom stereocenters. The lowest BCUT2D eigenvalue weighted by Gasteiger charge is -2.34. The SMILES string of the molecule is CCC[C@]1(C#N)CC[C@@H](OC(=O)c2ccc(OC)cc2)CC1. The minimum absolute atomic E-state index is 0.0760. The molecule has 0 spiro atoms. The maximum absolute atomic E-state index is 12.1. The second-order valence-electron chi connectivity index (χ2n) is 5.98. The first kappa shape index (κ1) is 16.4. The molecule has 1 aliphatic rings. The molecule has 1 aromatic carbocycles. The Hall–Kier alpha value is -2.02. The smallest absolute Gasteiger partial charge is 0.338 e. The normalized spacial score (nSPS) is 24.3. The van der Waals surface area contributed by atoms with E-state index in [1.54, 1.807) is 31.4 Å². The number of benzene rings is 1. The molecule has 4 heteroatoms. The summed E-state index contributed by atoms with van der Waals surface area (Å²) in [6.07, 6.45) is 5.06. The van der Waals surface area contributed by atoms with Gasteiger partial charge in [0.05, 0.1) is 24.2 Å². The van der Waals surface area contributed by atoms with Gasteiger partial charge in [-0.25, -0.2) is 4.79 Å². The van der Waals surface area contributed by atoms with Crippen molar-refractivity contribution in [2.24, 2.45) is 5.41 Å². The summed E-state index contributed by atoms with van der Waals surface area (Å²) in [7, 11) is 1.59. The molecule has 0 amide bonds. The summed E-state index contributed by atoms with van der Waals surface area (Å²) in [6, 6.07) is 9.40. The van der Waals surface area contributed by atoms with Crippen LogP contribution < -0.4 is 4.74 Å². The van der Waals surface area contributed by atoms with E-state index in [1.807, 2.05) is 0 Å². The van der Waals surface area contributed by atoms with Gasteiger partial charge in [0.2, 0.25) is 0 Å². The van der Waals surface area contributed by atoms with E-state index in [0.717, 1.165) is 38.5 Å². The minimum atomic E-state index is -0.299. The van der Waals surface area contributed by atoms with Crippen molar-refractivity contribution in [2.45, 2.75) is 51.6 Å². The Kier molecular flexibility index (Phi) is 5.43. The molecule has 1 saturated carbocycles. The van der Waals surface area contributed by atoms with Crippen molar-refractivity contribution in [2.75, 3.05) is 7.11 Å². The van der Waals surface area contributed by atoms with Crippen LogP contribution in [0.1, 0.15) is 55.8 Å². The van der Waals surface area contributed by atoms with Gasteiger partial charge in [0.25, 0.3) is 0 Å². The summed E-state index contributed by atoms with van der Waals surface area (Å²) in [6.45, 7) is 2.11. The van der Waals surface area contributed by atoms with Gasteiger partial charge in [-0.05, 0) is 56.4 Å². The number of methoxy groups -OCH3 is 1. The van der Waals surface area contributed by atoms with E-state index in [9.17, 15) is 10.1 Å². The zero-order valence-corrected chi connectivity index (χ0v) is 13.3. The molecule has 0 radical (unpaired) electrons. The summed E-state index contributed by atoms with van der Waals surface area (Å²) < 4.78 is 10.7. The molecule has 0 aromatic heterocycles. The molecule has 1 aromatic rings. The van der Waals surface area contributed by atoms with E-state index < -0.39 is 0 Å². The Bertz CT molecular complexity index is 536. The van der Waals surface area contributed by atoms with Gasteiger partial charge >= 0.3 is 5.97 Å². The summed E-state index contributed by atoms with van der Waals surface area (Å²) in [4.78, 5) is 12.1. The molecular weight excluding hydrogens is 278 g/mol. The van der Waals surface area contributed by atoms with Gasteiger partial charge in [-0.15, -0.1) is 0 Å². The number of nitriles is 1. The lowest BCUT2D eigenvalue weighted by Crippen LogP contribution is -2.31. The number of hydrogen-bond acceptors (Lipinski definition) is 4. The highest BCUT2D eigenvalue weighted by Crippen LogP contribution is 2.40. The van der Waals surface area contributed by atoms with Crippen LogP contribution in [0, 0.1) is 16.7 Å². The molecule has 22 heavy (non-hydrogen) atoms. The fourth-order valence-electron chi connectivity index (χ4n) is 3.10. The Morgan fingerprint density at radius 1 is 1.32 bits per heavy atom. The van der Waals surface area contributed by atoms with E-state index in [0.29, 0.717) is 11.3 Å². The number of hydrogen-bond donors (Lipinski definition) is 0. The van der Waals surface area contributed by atoms with Gasteiger partial charge < -0.3 is 9.47 Å². The van der Waals surface area contributed by atoms with Crippen molar-refractivity contribution in [3.63, 3.8) is 0 Å².